The third-order valence-electron chi connectivity index (χ3n) is 4.04. The molecule has 0 aliphatic heterocycles. The standard InChI is InChI=1S/C21H12Cl2O2/c22-15-8-4-7-14(11-15)20-19(13-5-2-1-3-6-13)17-12-16(23)9-10-18(17)25-21(20)24/h1-12H. The predicted octanol–water partition coefficient (Wildman–Crippen LogP) is 6.43. The van der Waals surface area contributed by atoms with Crippen molar-refractivity contribution in [3.05, 3.63) is 93.3 Å². The first-order valence-electron chi connectivity index (χ1n) is 7.71. The summed E-state index contributed by atoms with van der Waals surface area (Å²) in [6, 6.07) is 22.2. The van der Waals surface area contributed by atoms with E-state index in [0.29, 0.717) is 26.8 Å². The van der Waals surface area contributed by atoms with Crippen molar-refractivity contribution in [2.24, 2.45) is 0 Å². The number of hydrogen-bond acceptors (Lipinski definition) is 2. The molecule has 1 aromatic heterocycles. The molecule has 0 aliphatic carbocycles. The van der Waals surface area contributed by atoms with E-state index in [2.05, 4.69) is 0 Å². The van der Waals surface area contributed by atoms with Gasteiger partial charge in [-0.05, 0) is 41.5 Å². The van der Waals surface area contributed by atoms with E-state index >= 15 is 0 Å². The van der Waals surface area contributed by atoms with Crippen LogP contribution in [0.25, 0.3) is 33.2 Å². The lowest BCUT2D eigenvalue weighted by Crippen LogP contribution is -2.06. The Balaban J connectivity index is 2.18. The quantitative estimate of drug-likeness (QED) is 0.382. The van der Waals surface area contributed by atoms with Gasteiger partial charge in [0.15, 0.2) is 0 Å². The molecule has 0 atom stereocenters. The smallest absolute Gasteiger partial charge is 0.344 e. The van der Waals surface area contributed by atoms with Crippen LogP contribution in [-0.2, 0) is 0 Å². The minimum atomic E-state index is -0.407. The van der Waals surface area contributed by atoms with Crippen molar-refractivity contribution in [1.82, 2.24) is 0 Å². The minimum absolute atomic E-state index is 0.407. The molecule has 0 unspecified atom stereocenters. The average Bonchev–Trinajstić information content (AvgIpc) is 2.62. The number of benzene rings is 3. The Hall–Kier alpha value is -2.55. The van der Waals surface area contributed by atoms with Crippen LogP contribution in [0.4, 0.5) is 0 Å². The van der Waals surface area contributed by atoms with E-state index in [9.17, 15) is 4.79 Å². The summed E-state index contributed by atoms with van der Waals surface area (Å²) in [5.41, 5.74) is 2.98. The van der Waals surface area contributed by atoms with Crippen LogP contribution in [0, 0.1) is 0 Å². The number of hydrogen-bond donors (Lipinski definition) is 0. The van der Waals surface area contributed by atoms with E-state index in [4.69, 9.17) is 27.6 Å². The molecule has 0 saturated heterocycles. The SMILES string of the molecule is O=c1oc2ccc(Cl)cc2c(-c2ccccc2)c1-c1cccc(Cl)c1. The second kappa shape index (κ2) is 6.40. The topological polar surface area (TPSA) is 30.2 Å². The van der Waals surface area contributed by atoms with Gasteiger partial charge in [0, 0.05) is 21.0 Å². The average molecular weight is 367 g/mol. The van der Waals surface area contributed by atoms with Crippen molar-refractivity contribution in [3.63, 3.8) is 0 Å². The van der Waals surface area contributed by atoms with Gasteiger partial charge < -0.3 is 4.42 Å². The fourth-order valence-electron chi connectivity index (χ4n) is 2.99. The zero-order valence-corrected chi connectivity index (χ0v) is 14.5. The van der Waals surface area contributed by atoms with Crippen molar-refractivity contribution < 1.29 is 4.42 Å². The van der Waals surface area contributed by atoms with Crippen LogP contribution in [0.5, 0.6) is 0 Å². The molecule has 0 aliphatic rings. The molecule has 2 nitrogen and oxygen atoms in total. The van der Waals surface area contributed by atoms with Crippen molar-refractivity contribution in [1.29, 1.82) is 0 Å². The Morgan fingerprint density at radius 1 is 0.680 bits per heavy atom. The highest BCUT2D eigenvalue weighted by Gasteiger charge is 2.18. The molecule has 25 heavy (non-hydrogen) atoms. The molecule has 0 amide bonds. The molecule has 0 spiro atoms. The van der Waals surface area contributed by atoms with Crippen molar-refractivity contribution in [2.45, 2.75) is 0 Å². The molecular formula is C21H12Cl2O2. The summed E-state index contributed by atoms with van der Waals surface area (Å²) < 4.78 is 5.55. The van der Waals surface area contributed by atoms with Crippen LogP contribution in [0.2, 0.25) is 10.0 Å². The van der Waals surface area contributed by atoms with Gasteiger partial charge in [0.25, 0.3) is 0 Å². The van der Waals surface area contributed by atoms with E-state index in [1.807, 2.05) is 48.5 Å². The molecule has 0 saturated carbocycles. The maximum atomic E-state index is 12.8. The number of fused-ring (bicyclic) bond motifs is 1. The van der Waals surface area contributed by atoms with Gasteiger partial charge in [0.2, 0.25) is 0 Å². The monoisotopic (exact) mass is 366 g/mol. The molecule has 4 rings (SSSR count). The number of halogens is 2. The second-order valence-electron chi connectivity index (χ2n) is 5.66. The second-order valence-corrected chi connectivity index (χ2v) is 6.53. The lowest BCUT2D eigenvalue weighted by Gasteiger charge is -2.12. The van der Waals surface area contributed by atoms with Gasteiger partial charge in [-0.2, -0.15) is 0 Å². The molecule has 0 N–H and O–H groups in total. The van der Waals surface area contributed by atoms with Gasteiger partial charge in [-0.1, -0.05) is 65.7 Å². The number of rotatable bonds is 2. The zero-order chi connectivity index (χ0) is 17.4. The fourth-order valence-corrected chi connectivity index (χ4v) is 3.35. The highest BCUT2D eigenvalue weighted by atomic mass is 35.5. The third kappa shape index (κ3) is 2.95. The lowest BCUT2D eigenvalue weighted by molar-refractivity contribution is 0.564. The van der Waals surface area contributed by atoms with Crippen molar-refractivity contribution >= 4 is 34.2 Å². The first kappa shape index (κ1) is 15.9. The molecule has 122 valence electrons. The van der Waals surface area contributed by atoms with Gasteiger partial charge in [-0.3, -0.25) is 0 Å². The molecule has 0 radical (unpaired) electrons. The van der Waals surface area contributed by atoms with E-state index in [0.717, 1.165) is 16.5 Å². The Morgan fingerprint density at radius 3 is 2.16 bits per heavy atom. The summed E-state index contributed by atoms with van der Waals surface area (Å²) in [5.74, 6) is 0. The van der Waals surface area contributed by atoms with Crippen LogP contribution < -0.4 is 5.63 Å². The summed E-state index contributed by atoms with van der Waals surface area (Å²) in [7, 11) is 0. The molecule has 4 aromatic rings. The maximum absolute atomic E-state index is 12.8. The van der Waals surface area contributed by atoms with Gasteiger partial charge in [0.05, 0.1) is 5.56 Å². The predicted molar refractivity (Wildman–Crippen MR) is 103 cm³/mol. The van der Waals surface area contributed by atoms with Crippen LogP contribution in [0.1, 0.15) is 0 Å². The molecule has 3 aromatic carbocycles. The summed E-state index contributed by atoms with van der Waals surface area (Å²) in [5, 5.41) is 1.92. The third-order valence-corrected chi connectivity index (χ3v) is 4.51. The highest BCUT2D eigenvalue weighted by molar-refractivity contribution is 6.31. The fraction of sp³-hybridized carbons (Fsp3) is 0. The summed E-state index contributed by atoms with van der Waals surface area (Å²) in [4.78, 5) is 12.8. The van der Waals surface area contributed by atoms with Crippen LogP contribution in [0.3, 0.4) is 0 Å². The normalized spacial score (nSPS) is 11.0. The first-order chi connectivity index (χ1) is 12.1. The van der Waals surface area contributed by atoms with E-state index in [-0.39, 0.29) is 0 Å². The van der Waals surface area contributed by atoms with E-state index in [1.54, 1.807) is 24.3 Å². The van der Waals surface area contributed by atoms with Gasteiger partial charge in [0.1, 0.15) is 5.58 Å². The molecule has 1 heterocycles. The Morgan fingerprint density at radius 2 is 1.40 bits per heavy atom. The largest absolute Gasteiger partial charge is 0.422 e. The molecular weight excluding hydrogens is 355 g/mol. The van der Waals surface area contributed by atoms with Gasteiger partial charge in [-0.25, -0.2) is 4.79 Å². The summed E-state index contributed by atoms with van der Waals surface area (Å²) >= 11 is 12.3. The van der Waals surface area contributed by atoms with Crippen molar-refractivity contribution in [3.8, 4) is 22.3 Å². The zero-order valence-electron chi connectivity index (χ0n) is 13.0. The van der Waals surface area contributed by atoms with Crippen LogP contribution in [0.15, 0.2) is 82.0 Å². The lowest BCUT2D eigenvalue weighted by atomic mass is 9.93. The van der Waals surface area contributed by atoms with Crippen molar-refractivity contribution in [2.75, 3.05) is 0 Å². The van der Waals surface area contributed by atoms with Crippen LogP contribution >= 0.6 is 23.2 Å². The molecule has 0 bridgehead atoms. The first-order valence-corrected chi connectivity index (χ1v) is 8.47. The molecule has 4 heteroatoms. The highest BCUT2D eigenvalue weighted by Crippen LogP contribution is 2.37. The van der Waals surface area contributed by atoms with E-state index in [1.165, 1.54) is 0 Å². The Labute approximate surface area is 154 Å². The van der Waals surface area contributed by atoms with Gasteiger partial charge in [-0.15, -0.1) is 0 Å². The van der Waals surface area contributed by atoms with Crippen LogP contribution in [-0.4, -0.2) is 0 Å². The maximum Gasteiger partial charge on any atom is 0.344 e. The Kier molecular flexibility index (Phi) is 4.08. The summed E-state index contributed by atoms with van der Waals surface area (Å²) in [6.45, 7) is 0. The minimum Gasteiger partial charge on any atom is -0.422 e. The summed E-state index contributed by atoms with van der Waals surface area (Å²) in [6.07, 6.45) is 0. The van der Waals surface area contributed by atoms with E-state index < -0.39 is 5.63 Å². The molecule has 0 fully saturated rings. The Bertz CT molecular complexity index is 1130. The van der Waals surface area contributed by atoms with Gasteiger partial charge >= 0.3 is 5.63 Å².